The van der Waals surface area contributed by atoms with Crippen LogP contribution in [0.25, 0.3) is 0 Å². The first-order valence-corrected chi connectivity index (χ1v) is 10.9. The molecule has 29 heavy (non-hydrogen) atoms. The monoisotopic (exact) mass is 416 g/mol. The molecule has 2 heterocycles. The molecule has 0 bridgehead atoms. The third kappa shape index (κ3) is 4.16. The minimum Gasteiger partial charge on any atom is -0.496 e. The van der Waals surface area contributed by atoms with Crippen molar-refractivity contribution in [2.24, 2.45) is 0 Å². The number of hydrogen-bond donors (Lipinski definition) is 0. The van der Waals surface area contributed by atoms with Crippen molar-refractivity contribution in [3.8, 4) is 5.75 Å². The lowest BCUT2D eigenvalue weighted by molar-refractivity contribution is 0.00617. The average Bonchev–Trinajstić information content (AvgIpc) is 2.72. The molecule has 0 N–H and O–H groups in total. The number of hydrogen-bond acceptors (Lipinski definition) is 3. The van der Waals surface area contributed by atoms with Crippen LogP contribution in [0.4, 0.5) is 4.39 Å². The molecule has 2 aromatic carbocycles. The number of nitrogens with zero attached hydrogens (tertiary/aromatic N) is 2. The molecule has 0 saturated carbocycles. The van der Waals surface area contributed by atoms with Gasteiger partial charge in [-0.2, -0.15) is 0 Å². The van der Waals surface area contributed by atoms with E-state index in [2.05, 4.69) is 35.8 Å². The Morgan fingerprint density at radius 2 is 1.93 bits per heavy atom. The van der Waals surface area contributed by atoms with Crippen molar-refractivity contribution in [1.82, 2.24) is 9.80 Å². The van der Waals surface area contributed by atoms with Crippen LogP contribution in [-0.2, 0) is 6.54 Å². The lowest BCUT2D eigenvalue weighted by Gasteiger charge is -2.49. The van der Waals surface area contributed by atoms with E-state index in [0.717, 1.165) is 37.5 Å². The highest BCUT2D eigenvalue weighted by atomic mass is 35.5. The molecule has 2 aliphatic rings. The van der Waals surface area contributed by atoms with Gasteiger partial charge < -0.3 is 4.74 Å². The first-order chi connectivity index (χ1) is 14.0. The van der Waals surface area contributed by atoms with Gasteiger partial charge in [0, 0.05) is 38.3 Å². The van der Waals surface area contributed by atoms with Gasteiger partial charge in [0.25, 0.3) is 0 Å². The van der Waals surface area contributed by atoms with Crippen LogP contribution in [0.3, 0.4) is 0 Å². The summed E-state index contributed by atoms with van der Waals surface area (Å²) in [7, 11) is 1.74. The average molecular weight is 417 g/mol. The lowest BCUT2D eigenvalue weighted by atomic mass is 9.86. The lowest BCUT2D eigenvalue weighted by Crippen LogP contribution is -2.55. The van der Waals surface area contributed by atoms with Crippen LogP contribution in [0, 0.1) is 19.7 Å². The van der Waals surface area contributed by atoms with E-state index in [-0.39, 0.29) is 10.8 Å². The zero-order valence-electron chi connectivity index (χ0n) is 17.5. The second-order valence-electron chi connectivity index (χ2n) is 8.43. The Bertz CT molecular complexity index is 887. The summed E-state index contributed by atoms with van der Waals surface area (Å²) >= 11 is 5.97. The summed E-state index contributed by atoms with van der Waals surface area (Å²) in [6.07, 6.45) is 3.72. The van der Waals surface area contributed by atoms with Gasteiger partial charge in [-0.25, -0.2) is 4.39 Å². The third-order valence-corrected chi connectivity index (χ3v) is 7.07. The van der Waals surface area contributed by atoms with Crippen molar-refractivity contribution in [2.45, 2.75) is 51.7 Å². The zero-order chi connectivity index (χ0) is 20.5. The molecule has 0 aromatic heterocycles. The van der Waals surface area contributed by atoms with Crippen LogP contribution in [0.5, 0.6) is 5.75 Å². The molecule has 2 aliphatic heterocycles. The minimum atomic E-state index is -0.347. The molecule has 3 nitrogen and oxygen atoms in total. The number of ether oxygens (including phenoxy) is 1. The molecule has 0 spiro atoms. The van der Waals surface area contributed by atoms with Gasteiger partial charge in [0.2, 0.25) is 0 Å². The van der Waals surface area contributed by atoms with E-state index in [4.69, 9.17) is 16.3 Å². The highest BCUT2D eigenvalue weighted by molar-refractivity contribution is 6.30. The van der Waals surface area contributed by atoms with Gasteiger partial charge in [-0.3, -0.25) is 9.80 Å². The number of fused-ring (bicyclic) bond motifs is 1. The quantitative estimate of drug-likeness (QED) is 0.653. The van der Waals surface area contributed by atoms with Crippen LogP contribution in [0.15, 0.2) is 30.3 Å². The zero-order valence-corrected chi connectivity index (χ0v) is 18.3. The van der Waals surface area contributed by atoms with Gasteiger partial charge in [0.05, 0.1) is 12.1 Å². The molecule has 2 atom stereocenters. The molecule has 2 aromatic rings. The van der Waals surface area contributed by atoms with Gasteiger partial charge in [0.15, 0.2) is 0 Å². The summed E-state index contributed by atoms with van der Waals surface area (Å²) < 4.78 is 19.0. The number of halogens is 2. The standard InChI is InChI=1S/C24H30ClFN2O/c1-16-17(2)24(29-3)10-8-20(16)23-6-4-5-19-15-27(11-12-28(19)23)14-18-7-9-22(26)21(25)13-18/h7-10,13,19,23H,4-6,11-12,14-15H2,1-3H3/t19-,23+/m0/s1. The van der Waals surface area contributed by atoms with Crippen molar-refractivity contribution in [1.29, 1.82) is 0 Å². The Morgan fingerprint density at radius 3 is 2.69 bits per heavy atom. The predicted molar refractivity (Wildman–Crippen MR) is 116 cm³/mol. The van der Waals surface area contributed by atoms with Gasteiger partial charge in [-0.1, -0.05) is 23.7 Å². The first-order valence-electron chi connectivity index (χ1n) is 10.5. The SMILES string of the molecule is COc1ccc([C@H]2CCC[C@H]3CN(Cc4ccc(F)c(Cl)c4)CCN32)c(C)c1C. The topological polar surface area (TPSA) is 15.7 Å². The Kier molecular flexibility index (Phi) is 6.14. The van der Waals surface area contributed by atoms with Crippen LogP contribution in [-0.4, -0.2) is 42.6 Å². The van der Waals surface area contributed by atoms with Crippen LogP contribution in [0.1, 0.15) is 47.6 Å². The number of rotatable bonds is 4. The van der Waals surface area contributed by atoms with Crippen LogP contribution in [0.2, 0.25) is 5.02 Å². The maximum Gasteiger partial charge on any atom is 0.141 e. The summed E-state index contributed by atoms with van der Waals surface area (Å²) in [5.74, 6) is 0.627. The Labute approximate surface area is 178 Å². The highest BCUT2D eigenvalue weighted by Gasteiger charge is 2.36. The van der Waals surface area contributed by atoms with Crippen molar-refractivity contribution < 1.29 is 9.13 Å². The van der Waals surface area contributed by atoms with Gasteiger partial charge in [-0.05, 0) is 73.6 Å². The van der Waals surface area contributed by atoms with E-state index in [1.807, 2.05) is 6.07 Å². The molecule has 156 valence electrons. The molecule has 0 radical (unpaired) electrons. The second-order valence-corrected chi connectivity index (χ2v) is 8.84. The summed E-state index contributed by atoms with van der Waals surface area (Å²) in [4.78, 5) is 5.20. The molecule has 0 unspecified atom stereocenters. The maximum atomic E-state index is 13.5. The maximum absolute atomic E-state index is 13.5. The molecule has 0 amide bonds. The van der Waals surface area contributed by atoms with Gasteiger partial charge in [-0.15, -0.1) is 0 Å². The fourth-order valence-electron chi connectivity index (χ4n) is 5.09. The molecule has 0 aliphatic carbocycles. The van der Waals surface area contributed by atoms with Crippen LogP contribution >= 0.6 is 11.6 Å². The molecule has 2 fully saturated rings. The first kappa shape index (κ1) is 20.6. The summed E-state index contributed by atoms with van der Waals surface area (Å²) in [5.41, 5.74) is 5.14. The van der Waals surface area contributed by atoms with E-state index < -0.39 is 0 Å². The summed E-state index contributed by atoms with van der Waals surface area (Å²) in [5, 5.41) is 0.212. The molecule has 4 rings (SSSR count). The fourth-order valence-corrected chi connectivity index (χ4v) is 5.29. The molecule has 2 saturated heterocycles. The van der Waals surface area contributed by atoms with E-state index in [0.29, 0.717) is 12.1 Å². The van der Waals surface area contributed by atoms with Crippen molar-refractivity contribution in [3.63, 3.8) is 0 Å². The second kappa shape index (κ2) is 8.63. The largest absolute Gasteiger partial charge is 0.496 e. The Hall–Kier alpha value is -1.62. The van der Waals surface area contributed by atoms with Crippen molar-refractivity contribution in [2.75, 3.05) is 26.7 Å². The van der Waals surface area contributed by atoms with E-state index in [1.54, 1.807) is 13.2 Å². The number of piperidine rings is 1. The van der Waals surface area contributed by atoms with E-state index >= 15 is 0 Å². The number of methoxy groups -OCH3 is 1. The third-order valence-electron chi connectivity index (χ3n) is 6.78. The van der Waals surface area contributed by atoms with E-state index in [9.17, 15) is 4.39 Å². The molecule has 5 heteroatoms. The van der Waals surface area contributed by atoms with Gasteiger partial charge >= 0.3 is 0 Å². The minimum absolute atomic E-state index is 0.212. The molecular formula is C24H30ClFN2O. The number of benzene rings is 2. The van der Waals surface area contributed by atoms with E-state index in [1.165, 1.54) is 42.0 Å². The van der Waals surface area contributed by atoms with Crippen molar-refractivity contribution >= 4 is 11.6 Å². The van der Waals surface area contributed by atoms with Gasteiger partial charge in [0.1, 0.15) is 11.6 Å². The molecular weight excluding hydrogens is 387 g/mol. The smallest absolute Gasteiger partial charge is 0.141 e. The summed E-state index contributed by atoms with van der Waals surface area (Å²) in [6.45, 7) is 8.36. The Balaban J connectivity index is 1.48. The highest BCUT2D eigenvalue weighted by Crippen LogP contribution is 2.39. The normalized spacial score (nSPS) is 23.1. The summed E-state index contributed by atoms with van der Waals surface area (Å²) in [6, 6.07) is 10.5. The van der Waals surface area contributed by atoms with Crippen LogP contribution < -0.4 is 4.74 Å². The van der Waals surface area contributed by atoms with Crippen molar-refractivity contribution in [3.05, 3.63) is 63.4 Å². The fraction of sp³-hybridized carbons (Fsp3) is 0.500. The Morgan fingerprint density at radius 1 is 1.10 bits per heavy atom. The predicted octanol–water partition coefficient (Wildman–Crippen LogP) is 5.52. The number of piperazine rings is 1.